The lowest BCUT2D eigenvalue weighted by Gasteiger charge is -2.36. The molecule has 0 aliphatic carbocycles. The number of carboxylic acid groups (broad SMARTS) is 1. The number of terminal acetylenes is 1. The van der Waals surface area contributed by atoms with Gasteiger partial charge in [-0.2, -0.15) is 0 Å². The summed E-state index contributed by atoms with van der Waals surface area (Å²) < 4.78 is 0. The minimum atomic E-state index is -1.21. The average molecular weight is 243 g/mol. The summed E-state index contributed by atoms with van der Waals surface area (Å²) in [5.74, 6) is 1.58. The molecular formula is C15H17NO2. The van der Waals surface area contributed by atoms with E-state index in [4.69, 9.17) is 6.42 Å². The molecular weight excluding hydrogens is 226 g/mol. The summed E-state index contributed by atoms with van der Waals surface area (Å²) >= 11 is 0. The van der Waals surface area contributed by atoms with Gasteiger partial charge in [0, 0.05) is 12.5 Å². The Morgan fingerprint density at radius 1 is 1.44 bits per heavy atom. The molecule has 0 bridgehead atoms. The van der Waals surface area contributed by atoms with Crippen LogP contribution in [0.5, 0.6) is 0 Å². The lowest BCUT2D eigenvalue weighted by atomic mass is 9.68. The quantitative estimate of drug-likeness (QED) is 0.793. The second-order valence-electron chi connectivity index (χ2n) is 4.67. The highest BCUT2D eigenvalue weighted by atomic mass is 16.4. The smallest absolute Gasteiger partial charge is 0.326 e. The van der Waals surface area contributed by atoms with Gasteiger partial charge >= 0.3 is 5.97 Å². The maximum Gasteiger partial charge on any atom is 0.326 e. The third kappa shape index (κ3) is 2.00. The van der Waals surface area contributed by atoms with Crippen LogP contribution in [-0.2, 0) is 10.2 Å². The first-order chi connectivity index (χ1) is 8.71. The molecule has 0 radical (unpaired) electrons. The zero-order valence-electron chi connectivity index (χ0n) is 10.2. The molecule has 3 heteroatoms. The summed E-state index contributed by atoms with van der Waals surface area (Å²) in [5, 5.41) is 12.9. The topological polar surface area (TPSA) is 49.3 Å². The first kappa shape index (κ1) is 12.7. The molecule has 18 heavy (non-hydrogen) atoms. The van der Waals surface area contributed by atoms with Crippen molar-refractivity contribution in [2.45, 2.75) is 18.3 Å². The predicted octanol–water partition coefficient (Wildman–Crippen LogP) is 1.64. The van der Waals surface area contributed by atoms with Gasteiger partial charge < -0.3 is 10.4 Å². The van der Waals surface area contributed by atoms with Crippen LogP contribution in [0.4, 0.5) is 0 Å². The van der Waals surface area contributed by atoms with Crippen molar-refractivity contribution in [3.05, 3.63) is 35.9 Å². The second-order valence-corrected chi connectivity index (χ2v) is 4.67. The molecule has 1 fully saturated rings. The van der Waals surface area contributed by atoms with E-state index >= 15 is 0 Å². The Bertz CT molecular complexity index is 457. The van der Waals surface area contributed by atoms with Crippen molar-refractivity contribution in [2.24, 2.45) is 5.92 Å². The van der Waals surface area contributed by atoms with E-state index in [2.05, 4.69) is 11.2 Å². The minimum absolute atomic E-state index is 0.0591. The van der Waals surface area contributed by atoms with E-state index in [-0.39, 0.29) is 5.92 Å². The van der Waals surface area contributed by atoms with E-state index in [0.29, 0.717) is 12.1 Å². The van der Waals surface area contributed by atoms with Gasteiger partial charge in [-0.05, 0) is 24.9 Å². The van der Waals surface area contributed by atoms with E-state index < -0.39 is 11.4 Å². The van der Waals surface area contributed by atoms with E-state index in [1.54, 1.807) is 0 Å². The van der Waals surface area contributed by atoms with Crippen molar-refractivity contribution < 1.29 is 9.90 Å². The molecule has 1 aliphatic heterocycles. The van der Waals surface area contributed by atoms with Crippen LogP contribution < -0.4 is 5.32 Å². The summed E-state index contributed by atoms with van der Waals surface area (Å²) in [5.41, 5.74) is -0.511. The fourth-order valence-electron chi connectivity index (χ4n) is 2.72. The van der Waals surface area contributed by atoms with Crippen molar-refractivity contribution >= 4 is 5.97 Å². The second kappa shape index (κ2) is 5.24. The van der Waals surface area contributed by atoms with E-state index in [1.807, 2.05) is 30.3 Å². The number of piperidine rings is 1. The average Bonchev–Trinajstić information content (AvgIpc) is 2.42. The first-order valence-corrected chi connectivity index (χ1v) is 6.19. The normalized spacial score (nSPS) is 22.7. The van der Waals surface area contributed by atoms with Gasteiger partial charge in [-0.3, -0.25) is 4.79 Å². The Hall–Kier alpha value is -1.79. The zero-order chi connectivity index (χ0) is 13.0. The van der Waals surface area contributed by atoms with Gasteiger partial charge in [0.05, 0.1) is 0 Å². The molecule has 0 aromatic heterocycles. The molecule has 1 heterocycles. The maximum atomic E-state index is 11.8. The van der Waals surface area contributed by atoms with Crippen molar-refractivity contribution in [3.63, 3.8) is 0 Å². The molecule has 0 amide bonds. The molecule has 2 atom stereocenters. The molecule has 0 saturated carbocycles. The molecule has 1 aromatic carbocycles. The molecule has 2 unspecified atom stereocenters. The fraction of sp³-hybridized carbons (Fsp3) is 0.400. The summed E-state index contributed by atoms with van der Waals surface area (Å²) in [4.78, 5) is 11.8. The van der Waals surface area contributed by atoms with Gasteiger partial charge in [0.2, 0.25) is 0 Å². The van der Waals surface area contributed by atoms with Gasteiger partial charge in [0.1, 0.15) is 0 Å². The molecule has 2 rings (SSSR count). The number of carbonyl (C=O) groups is 1. The summed E-state index contributed by atoms with van der Waals surface area (Å²) in [6.45, 7) is 1.59. The molecule has 2 N–H and O–H groups in total. The Balaban J connectivity index is 2.46. The van der Waals surface area contributed by atoms with Crippen LogP contribution in [-0.4, -0.2) is 24.2 Å². The largest absolute Gasteiger partial charge is 0.480 e. The molecule has 1 aromatic rings. The van der Waals surface area contributed by atoms with Crippen LogP contribution in [0.15, 0.2) is 30.3 Å². The molecule has 1 saturated heterocycles. The van der Waals surface area contributed by atoms with Crippen molar-refractivity contribution in [1.29, 1.82) is 0 Å². The number of hydrogen-bond donors (Lipinski definition) is 2. The maximum absolute atomic E-state index is 11.8. The lowest BCUT2D eigenvalue weighted by molar-refractivity contribution is -0.143. The number of nitrogens with one attached hydrogen (secondary N) is 1. The molecule has 94 valence electrons. The molecule has 3 nitrogen and oxygen atoms in total. The first-order valence-electron chi connectivity index (χ1n) is 6.19. The van der Waals surface area contributed by atoms with Crippen LogP contribution in [0.2, 0.25) is 0 Å². The van der Waals surface area contributed by atoms with Gasteiger partial charge in [0.25, 0.3) is 0 Å². The van der Waals surface area contributed by atoms with E-state index in [9.17, 15) is 9.90 Å². The minimum Gasteiger partial charge on any atom is -0.480 e. The van der Waals surface area contributed by atoms with E-state index in [0.717, 1.165) is 19.4 Å². The number of benzene rings is 1. The lowest BCUT2D eigenvalue weighted by Crippen LogP contribution is -2.48. The van der Waals surface area contributed by atoms with Gasteiger partial charge in [0.15, 0.2) is 5.41 Å². The highest BCUT2D eigenvalue weighted by Gasteiger charge is 2.46. The monoisotopic (exact) mass is 243 g/mol. The fourth-order valence-corrected chi connectivity index (χ4v) is 2.72. The van der Waals surface area contributed by atoms with Gasteiger partial charge in [-0.1, -0.05) is 36.3 Å². The zero-order valence-corrected chi connectivity index (χ0v) is 10.2. The Morgan fingerprint density at radius 2 is 2.17 bits per heavy atom. The van der Waals surface area contributed by atoms with Crippen LogP contribution in [0.25, 0.3) is 0 Å². The SMILES string of the molecule is C#CC(C(=O)O)(c1ccccc1)C1CCCNC1. The van der Waals surface area contributed by atoms with Gasteiger partial charge in [-0.15, -0.1) is 6.42 Å². The van der Waals surface area contributed by atoms with Crippen LogP contribution in [0.3, 0.4) is 0 Å². The summed E-state index contributed by atoms with van der Waals surface area (Å²) in [6.07, 6.45) is 7.43. The summed E-state index contributed by atoms with van der Waals surface area (Å²) in [7, 11) is 0. The third-order valence-electron chi connectivity index (χ3n) is 3.70. The standard InChI is InChI=1S/C15H17NO2/c1-2-15(14(17)18,12-7-4-3-5-8-12)13-9-6-10-16-11-13/h1,3-5,7-8,13,16H,6,9-11H2,(H,17,18). The van der Waals surface area contributed by atoms with Crippen molar-refractivity contribution in [2.75, 3.05) is 13.1 Å². The molecule has 0 spiro atoms. The molecule has 1 aliphatic rings. The number of rotatable bonds is 3. The van der Waals surface area contributed by atoms with Crippen LogP contribution >= 0.6 is 0 Å². The van der Waals surface area contributed by atoms with Gasteiger partial charge in [-0.25, -0.2) is 0 Å². The van der Waals surface area contributed by atoms with Crippen LogP contribution in [0, 0.1) is 18.3 Å². The Labute approximate surface area is 107 Å². The van der Waals surface area contributed by atoms with Crippen LogP contribution in [0.1, 0.15) is 18.4 Å². The highest BCUT2D eigenvalue weighted by molar-refractivity contribution is 5.86. The number of carboxylic acids is 1. The Morgan fingerprint density at radius 3 is 2.67 bits per heavy atom. The number of hydrogen-bond acceptors (Lipinski definition) is 2. The summed E-state index contributed by atoms with van der Waals surface area (Å²) in [6, 6.07) is 9.15. The van der Waals surface area contributed by atoms with E-state index in [1.165, 1.54) is 0 Å². The highest BCUT2D eigenvalue weighted by Crippen LogP contribution is 2.36. The third-order valence-corrected chi connectivity index (χ3v) is 3.70. The van der Waals surface area contributed by atoms with Crippen molar-refractivity contribution in [3.8, 4) is 12.3 Å². The number of aliphatic carboxylic acids is 1. The van der Waals surface area contributed by atoms with Crippen molar-refractivity contribution in [1.82, 2.24) is 5.32 Å². The predicted molar refractivity (Wildman–Crippen MR) is 70.2 cm³/mol. The Kier molecular flexibility index (Phi) is 3.69.